The number of piperidine rings is 1. The van der Waals surface area contributed by atoms with E-state index in [1.807, 2.05) is 0 Å². The van der Waals surface area contributed by atoms with E-state index < -0.39 is 21.3 Å². The third-order valence-electron chi connectivity index (χ3n) is 5.66. The molecule has 0 radical (unpaired) electrons. The van der Waals surface area contributed by atoms with E-state index in [2.05, 4.69) is 15.3 Å². The number of carbonyl (C=O) groups is 1. The number of anilines is 1. The maximum atomic E-state index is 12.7. The summed E-state index contributed by atoms with van der Waals surface area (Å²) in [5, 5.41) is 2.97. The van der Waals surface area contributed by atoms with Gasteiger partial charge in [0.2, 0.25) is 15.9 Å². The van der Waals surface area contributed by atoms with Crippen molar-refractivity contribution in [2.24, 2.45) is 20.0 Å². The Morgan fingerprint density at radius 1 is 1.12 bits per heavy atom. The number of aromatic nitrogens is 4. The normalized spacial score (nSPS) is 15.7. The van der Waals surface area contributed by atoms with E-state index in [-0.39, 0.29) is 40.8 Å². The van der Waals surface area contributed by atoms with Gasteiger partial charge in [0.05, 0.1) is 17.3 Å². The van der Waals surface area contributed by atoms with E-state index in [4.69, 9.17) is 0 Å². The second-order valence-electron chi connectivity index (χ2n) is 7.66. The molecule has 12 heteroatoms. The number of aryl methyl sites for hydroxylation is 1. The Morgan fingerprint density at radius 2 is 1.84 bits per heavy atom. The van der Waals surface area contributed by atoms with Crippen molar-refractivity contribution in [3.05, 3.63) is 57.6 Å². The van der Waals surface area contributed by atoms with Crippen LogP contribution < -0.4 is 16.6 Å². The smallest absolute Gasteiger partial charge is 0.324 e. The fourth-order valence-electron chi connectivity index (χ4n) is 3.79. The highest BCUT2D eigenvalue weighted by Crippen LogP contribution is 2.24. The summed E-state index contributed by atoms with van der Waals surface area (Å²) in [4.78, 5) is 45.3. The van der Waals surface area contributed by atoms with Crippen LogP contribution in [0, 0.1) is 5.92 Å². The van der Waals surface area contributed by atoms with Crippen molar-refractivity contribution in [3.63, 3.8) is 0 Å². The number of nitrogens with zero attached hydrogens (tertiary/aromatic N) is 5. The molecule has 32 heavy (non-hydrogen) atoms. The van der Waals surface area contributed by atoms with Crippen molar-refractivity contribution < 1.29 is 13.2 Å². The molecule has 1 saturated heterocycles. The van der Waals surface area contributed by atoms with E-state index in [0.29, 0.717) is 18.5 Å². The molecule has 4 rings (SSSR count). The SMILES string of the molecule is Cn1c(=O)c2cc(NC(=O)C3CCN(S(=O)(=O)c4cccnc4)CC3)cnc2n(C)c1=O. The fraction of sp³-hybridized carbons (Fsp3) is 0.350. The Hall–Kier alpha value is -3.38. The number of sulfonamides is 1. The molecule has 0 bridgehead atoms. The van der Waals surface area contributed by atoms with Gasteiger partial charge >= 0.3 is 5.69 Å². The maximum Gasteiger partial charge on any atom is 0.332 e. The zero-order chi connectivity index (χ0) is 23.0. The number of rotatable bonds is 4. The predicted molar refractivity (Wildman–Crippen MR) is 117 cm³/mol. The summed E-state index contributed by atoms with van der Waals surface area (Å²) in [6.07, 6.45) is 4.93. The molecule has 1 aliphatic rings. The van der Waals surface area contributed by atoms with Crippen LogP contribution >= 0.6 is 0 Å². The van der Waals surface area contributed by atoms with Crippen molar-refractivity contribution in [2.75, 3.05) is 18.4 Å². The van der Waals surface area contributed by atoms with E-state index >= 15 is 0 Å². The number of carbonyl (C=O) groups excluding carboxylic acids is 1. The maximum absolute atomic E-state index is 12.7. The van der Waals surface area contributed by atoms with Gasteiger partial charge in [-0.1, -0.05) is 0 Å². The van der Waals surface area contributed by atoms with Gasteiger partial charge in [0.25, 0.3) is 5.56 Å². The number of pyridine rings is 2. The second-order valence-corrected chi connectivity index (χ2v) is 9.60. The van der Waals surface area contributed by atoms with Crippen LogP contribution in [0.2, 0.25) is 0 Å². The molecule has 1 amide bonds. The summed E-state index contributed by atoms with van der Waals surface area (Å²) in [6, 6.07) is 4.55. The number of amides is 1. The first-order valence-electron chi connectivity index (χ1n) is 9.97. The standard InChI is InChI=1S/C20H22N6O5S/c1-24-17-16(19(28)25(2)20(24)29)10-14(11-22-17)23-18(27)13-5-8-26(9-6-13)32(30,31)15-4-3-7-21-12-15/h3-4,7,10-13H,5-6,8-9H2,1-2H3,(H,23,27). The van der Waals surface area contributed by atoms with Crippen molar-refractivity contribution >= 4 is 32.7 Å². The average molecular weight is 459 g/mol. The van der Waals surface area contributed by atoms with Gasteiger partial charge in [-0.2, -0.15) is 4.31 Å². The molecule has 1 N–H and O–H groups in total. The first-order chi connectivity index (χ1) is 15.2. The first kappa shape index (κ1) is 21.8. The van der Waals surface area contributed by atoms with Crippen molar-refractivity contribution in [1.82, 2.24) is 23.4 Å². The third-order valence-corrected chi connectivity index (χ3v) is 7.54. The molecule has 168 valence electrons. The predicted octanol–water partition coefficient (Wildman–Crippen LogP) is 0.0666. The minimum absolute atomic E-state index is 0.126. The minimum Gasteiger partial charge on any atom is -0.324 e. The highest BCUT2D eigenvalue weighted by molar-refractivity contribution is 7.89. The van der Waals surface area contributed by atoms with E-state index in [9.17, 15) is 22.8 Å². The molecule has 11 nitrogen and oxygen atoms in total. The molecule has 3 aromatic heterocycles. The summed E-state index contributed by atoms with van der Waals surface area (Å²) < 4.78 is 29.0. The summed E-state index contributed by atoms with van der Waals surface area (Å²) in [6.45, 7) is 0.432. The van der Waals surface area contributed by atoms with Gasteiger partial charge in [0.15, 0.2) is 0 Å². The lowest BCUT2D eigenvalue weighted by Gasteiger charge is -2.30. The van der Waals surface area contributed by atoms with E-state index in [1.54, 1.807) is 6.07 Å². The Balaban J connectivity index is 1.47. The lowest BCUT2D eigenvalue weighted by molar-refractivity contribution is -0.120. The van der Waals surface area contributed by atoms with Gasteiger partial charge < -0.3 is 5.32 Å². The van der Waals surface area contributed by atoms with Gasteiger partial charge in [-0.15, -0.1) is 0 Å². The highest BCUT2D eigenvalue weighted by Gasteiger charge is 2.32. The van der Waals surface area contributed by atoms with Crippen LogP contribution in [0.25, 0.3) is 11.0 Å². The average Bonchev–Trinajstić information content (AvgIpc) is 2.82. The molecule has 1 fully saturated rings. The summed E-state index contributed by atoms with van der Waals surface area (Å²) in [5.74, 6) is -0.653. The Morgan fingerprint density at radius 3 is 2.50 bits per heavy atom. The lowest BCUT2D eigenvalue weighted by Crippen LogP contribution is -2.41. The number of nitrogens with one attached hydrogen (secondary N) is 1. The molecule has 0 atom stereocenters. The van der Waals surface area contributed by atoms with Crippen molar-refractivity contribution in [2.45, 2.75) is 17.7 Å². The van der Waals surface area contributed by atoms with Crippen LogP contribution in [0.1, 0.15) is 12.8 Å². The molecule has 0 aliphatic carbocycles. The van der Waals surface area contributed by atoms with E-state index in [0.717, 1.165) is 4.57 Å². The molecule has 4 heterocycles. The minimum atomic E-state index is -3.65. The number of hydrogen-bond acceptors (Lipinski definition) is 7. The lowest BCUT2D eigenvalue weighted by atomic mass is 9.97. The summed E-state index contributed by atoms with van der Waals surface area (Å²) >= 11 is 0. The molecule has 0 saturated carbocycles. The zero-order valence-electron chi connectivity index (χ0n) is 17.6. The van der Waals surface area contributed by atoms with Gasteiger partial charge in [0, 0.05) is 45.5 Å². The molecular weight excluding hydrogens is 436 g/mol. The van der Waals surface area contributed by atoms with Crippen LogP contribution in [0.4, 0.5) is 5.69 Å². The first-order valence-corrected chi connectivity index (χ1v) is 11.4. The molecule has 0 unspecified atom stereocenters. The Labute approximate surface area is 183 Å². The highest BCUT2D eigenvalue weighted by atomic mass is 32.2. The Bertz CT molecular complexity index is 1410. The van der Waals surface area contributed by atoms with Crippen LogP contribution in [-0.4, -0.2) is 50.8 Å². The van der Waals surface area contributed by atoms with Crippen LogP contribution in [0.5, 0.6) is 0 Å². The molecule has 0 spiro atoms. The quantitative estimate of drug-likeness (QED) is 0.584. The van der Waals surface area contributed by atoms with Gasteiger partial charge in [-0.3, -0.25) is 23.7 Å². The molecular formula is C20H22N6O5S. The third kappa shape index (κ3) is 3.82. The molecule has 1 aliphatic heterocycles. The van der Waals surface area contributed by atoms with Crippen LogP contribution in [-0.2, 0) is 28.9 Å². The number of fused-ring (bicyclic) bond motifs is 1. The summed E-state index contributed by atoms with van der Waals surface area (Å²) in [5.41, 5.74) is -0.422. The number of hydrogen-bond donors (Lipinski definition) is 1. The molecule has 0 aromatic carbocycles. The van der Waals surface area contributed by atoms with Crippen LogP contribution in [0.15, 0.2) is 51.3 Å². The van der Waals surface area contributed by atoms with Crippen molar-refractivity contribution in [3.8, 4) is 0 Å². The zero-order valence-corrected chi connectivity index (χ0v) is 18.4. The fourth-order valence-corrected chi connectivity index (χ4v) is 5.22. The van der Waals surface area contributed by atoms with Crippen molar-refractivity contribution in [1.29, 1.82) is 0 Å². The van der Waals surface area contributed by atoms with Crippen LogP contribution in [0.3, 0.4) is 0 Å². The van der Waals surface area contributed by atoms with E-state index in [1.165, 1.54) is 53.7 Å². The second kappa shape index (κ2) is 8.28. The molecule has 3 aromatic rings. The van der Waals surface area contributed by atoms with Gasteiger partial charge in [0.1, 0.15) is 10.5 Å². The monoisotopic (exact) mass is 458 g/mol. The largest absolute Gasteiger partial charge is 0.332 e. The Kier molecular flexibility index (Phi) is 5.65. The summed E-state index contributed by atoms with van der Waals surface area (Å²) in [7, 11) is -0.752. The topological polar surface area (TPSA) is 136 Å². The van der Waals surface area contributed by atoms with Gasteiger partial charge in [-0.25, -0.2) is 18.2 Å². The van der Waals surface area contributed by atoms with Gasteiger partial charge in [-0.05, 0) is 31.0 Å².